The normalized spacial score (nSPS) is 38.1. The lowest BCUT2D eigenvalue weighted by molar-refractivity contribution is -0.0639. The Hall–Kier alpha value is -0.120. The first-order valence-electron chi connectivity index (χ1n) is 8.22. The van der Waals surface area contributed by atoms with Crippen LogP contribution in [0, 0.1) is 0 Å². The number of nitrogens with one attached hydrogen (secondary N) is 1. The molecule has 2 aliphatic heterocycles. The molecule has 3 heteroatoms. The van der Waals surface area contributed by atoms with Gasteiger partial charge in [-0.1, -0.05) is 19.3 Å². The summed E-state index contributed by atoms with van der Waals surface area (Å²) in [7, 11) is 0. The number of hydrogen-bond acceptors (Lipinski definition) is 3. The van der Waals surface area contributed by atoms with E-state index in [2.05, 4.69) is 12.2 Å². The maximum absolute atomic E-state index is 6.38. The zero-order valence-electron chi connectivity index (χ0n) is 12.4. The minimum absolute atomic E-state index is 0.0706. The molecule has 1 saturated carbocycles. The summed E-state index contributed by atoms with van der Waals surface area (Å²) in [5.74, 6) is 0. The van der Waals surface area contributed by atoms with Gasteiger partial charge in [0, 0.05) is 19.7 Å². The topological polar surface area (TPSA) is 30.5 Å². The molecule has 3 fully saturated rings. The van der Waals surface area contributed by atoms with E-state index in [0.717, 1.165) is 19.7 Å². The second-order valence-electron chi connectivity index (χ2n) is 7.06. The molecule has 0 aromatic rings. The number of hydrogen-bond donors (Lipinski definition) is 1. The van der Waals surface area contributed by atoms with Crippen LogP contribution in [0.1, 0.15) is 64.7 Å². The summed E-state index contributed by atoms with van der Waals surface area (Å²) in [6, 6.07) is 0. The maximum Gasteiger partial charge on any atom is 0.0779 e. The zero-order chi connectivity index (χ0) is 13.2. The molecule has 3 aliphatic rings. The molecule has 3 rings (SSSR count). The molecule has 3 nitrogen and oxygen atoms in total. The quantitative estimate of drug-likeness (QED) is 0.849. The van der Waals surface area contributed by atoms with Crippen molar-refractivity contribution in [3.05, 3.63) is 0 Å². The molecule has 1 spiro atoms. The van der Waals surface area contributed by atoms with Gasteiger partial charge in [-0.2, -0.15) is 0 Å². The molecular formula is C16H29NO2. The first kappa shape index (κ1) is 13.8. The van der Waals surface area contributed by atoms with Gasteiger partial charge in [0.05, 0.1) is 17.3 Å². The van der Waals surface area contributed by atoms with Crippen LogP contribution in [0.5, 0.6) is 0 Å². The largest absolute Gasteiger partial charge is 0.374 e. The highest BCUT2D eigenvalue weighted by Gasteiger charge is 2.40. The third-order valence-electron chi connectivity index (χ3n) is 5.27. The van der Waals surface area contributed by atoms with Crippen LogP contribution in [0.3, 0.4) is 0 Å². The predicted octanol–water partition coefficient (Wildman–Crippen LogP) is 3.03. The van der Waals surface area contributed by atoms with E-state index in [1.807, 2.05) is 0 Å². The van der Waals surface area contributed by atoms with E-state index in [1.165, 1.54) is 57.8 Å². The van der Waals surface area contributed by atoms with Gasteiger partial charge in [-0.15, -0.1) is 0 Å². The Morgan fingerprint density at radius 3 is 2.63 bits per heavy atom. The summed E-state index contributed by atoms with van der Waals surface area (Å²) in [6.07, 6.45) is 12.1. The van der Waals surface area contributed by atoms with Crippen molar-refractivity contribution in [3.8, 4) is 0 Å². The summed E-state index contributed by atoms with van der Waals surface area (Å²) in [5, 5.41) is 3.58. The van der Waals surface area contributed by atoms with Crippen LogP contribution in [0.15, 0.2) is 0 Å². The van der Waals surface area contributed by atoms with E-state index < -0.39 is 0 Å². The van der Waals surface area contributed by atoms with Gasteiger partial charge in [0.2, 0.25) is 0 Å². The fourth-order valence-corrected chi connectivity index (χ4v) is 4.08. The van der Waals surface area contributed by atoms with Crippen LogP contribution in [0.2, 0.25) is 0 Å². The molecule has 1 N–H and O–H groups in total. The van der Waals surface area contributed by atoms with Crippen molar-refractivity contribution in [2.24, 2.45) is 0 Å². The van der Waals surface area contributed by atoms with Crippen molar-refractivity contribution in [1.29, 1.82) is 0 Å². The molecule has 0 bridgehead atoms. The van der Waals surface area contributed by atoms with Crippen LogP contribution in [0.25, 0.3) is 0 Å². The summed E-state index contributed by atoms with van der Waals surface area (Å²) >= 11 is 0. The molecule has 0 radical (unpaired) electrons. The fourth-order valence-electron chi connectivity index (χ4n) is 4.08. The minimum atomic E-state index is 0.0706. The Bertz CT molecular complexity index is 293. The highest BCUT2D eigenvalue weighted by atomic mass is 16.5. The van der Waals surface area contributed by atoms with Crippen LogP contribution in [-0.2, 0) is 9.47 Å². The third-order valence-corrected chi connectivity index (χ3v) is 5.27. The van der Waals surface area contributed by atoms with E-state index >= 15 is 0 Å². The van der Waals surface area contributed by atoms with Gasteiger partial charge < -0.3 is 14.8 Å². The second kappa shape index (κ2) is 5.71. The molecule has 0 amide bonds. The molecule has 2 heterocycles. The van der Waals surface area contributed by atoms with E-state index in [4.69, 9.17) is 9.47 Å². The SMILES string of the molecule is CC1(CNCC2CCC3(CCCCC3)O2)CCCO1. The van der Waals surface area contributed by atoms with Crippen LogP contribution in [0.4, 0.5) is 0 Å². The first-order valence-corrected chi connectivity index (χ1v) is 8.22. The van der Waals surface area contributed by atoms with E-state index in [9.17, 15) is 0 Å². The molecule has 2 atom stereocenters. The monoisotopic (exact) mass is 267 g/mol. The average Bonchev–Trinajstić information content (AvgIpc) is 2.99. The Balaban J connectivity index is 1.39. The lowest BCUT2D eigenvalue weighted by Gasteiger charge is -2.33. The second-order valence-corrected chi connectivity index (χ2v) is 7.06. The minimum Gasteiger partial charge on any atom is -0.374 e. The van der Waals surface area contributed by atoms with E-state index in [-0.39, 0.29) is 11.2 Å². The maximum atomic E-state index is 6.38. The molecule has 0 aromatic carbocycles. The van der Waals surface area contributed by atoms with Gasteiger partial charge in [0.15, 0.2) is 0 Å². The lowest BCUT2D eigenvalue weighted by Crippen LogP contribution is -2.41. The van der Waals surface area contributed by atoms with E-state index in [1.54, 1.807) is 0 Å². The molecule has 2 unspecified atom stereocenters. The summed E-state index contributed by atoms with van der Waals surface area (Å²) in [5.41, 5.74) is 0.333. The van der Waals surface area contributed by atoms with Gasteiger partial charge in [0.1, 0.15) is 0 Å². The lowest BCUT2D eigenvalue weighted by atomic mass is 9.83. The summed E-state index contributed by atoms with van der Waals surface area (Å²) in [6.45, 7) is 5.13. The van der Waals surface area contributed by atoms with Crippen molar-refractivity contribution < 1.29 is 9.47 Å². The average molecular weight is 267 g/mol. The molecule has 2 saturated heterocycles. The van der Waals surface area contributed by atoms with Crippen molar-refractivity contribution in [3.63, 3.8) is 0 Å². The van der Waals surface area contributed by atoms with E-state index in [0.29, 0.717) is 6.10 Å². The smallest absolute Gasteiger partial charge is 0.0779 e. The Labute approximate surface area is 117 Å². The Morgan fingerprint density at radius 2 is 1.89 bits per heavy atom. The van der Waals surface area contributed by atoms with Crippen molar-refractivity contribution >= 4 is 0 Å². The highest BCUT2D eigenvalue weighted by Crippen LogP contribution is 2.41. The molecule has 19 heavy (non-hydrogen) atoms. The standard InChI is InChI=1S/C16H29NO2/c1-15(7-5-11-18-15)13-17-12-14-6-10-16(19-14)8-3-2-4-9-16/h14,17H,2-13H2,1H3. The third kappa shape index (κ3) is 3.32. The summed E-state index contributed by atoms with van der Waals surface area (Å²) in [4.78, 5) is 0. The zero-order valence-corrected chi connectivity index (χ0v) is 12.4. The summed E-state index contributed by atoms with van der Waals surface area (Å²) < 4.78 is 12.2. The van der Waals surface area contributed by atoms with Crippen molar-refractivity contribution in [2.45, 2.75) is 82.0 Å². The van der Waals surface area contributed by atoms with Gasteiger partial charge in [-0.3, -0.25) is 0 Å². The van der Waals surface area contributed by atoms with Gasteiger partial charge in [-0.05, 0) is 45.4 Å². The van der Waals surface area contributed by atoms with Gasteiger partial charge in [-0.25, -0.2) is 0 Å². The van der Waals surface area contributed by atoms with Gasteiger partial charge >= 0.3 is 0 Å². The number of rotatable bonds is 4. The predicted molar refractivity (Wildman–Crippen MR) is 76.4 cm³/mol. The Morgan fingerprint density at radius 1 is 1.05 bits per heavy atom. The first-order chi connectivity index (χ1) is 9.20. The fraction of sp³-hybridized carbons (Fsp3) is 1.00. The van der Waals surface area contributed by atoms with Crippen LogP contribution < -0.4 is 5.32 Å². The number of ether oxygens (including phenoxy) is 2. The van der Waals surface area contributed by atoms with Crippen molar-refractivity contribution in [1.82, 2.24) is 5.32 Å². The molecular weight excluding hydrogens is 238 g/mol. The Kier molecular flexibility index (Phi) is 4.16. The molecule has 1 aliphatic carbocycles. The van der Waals surface area contributed by atoms with Crippen LogP contribution in [-0.4, -0.2) is 37.0 Å². The van der Waals surface area contributed by atoms with Gasteiger partial charge in [0.25, 0.3) is 0 Å². The molecule has 0 aromatic heterocycles. The molecule has 110 valence electrons. The van der Waals surface area contributed by atoms with Crippen LogP contribution >= 0.6 is 0 Å². The van der Waals surface area contributed by atoms with Crippen molar-refractivity contribution in [2.75, 3.05) is 19.7 Å². The highest BCUT2D eigenvalue weighted by molar-refractivity contribution is 4.92.